The van der Waals surface area contributed by atoms with Crippen LogP contribution in [0.3, 0.4) is 0 Å². The SMILES string of the molecule is Brc1ccc2cc(-c3ccc4sc5ccc6ccccc6c5c4c3)ccc2c1.Brc1ccc2cc(I)ccc2c1.CC1(C)OB(c2ccc3sc4ccc5ccccc5c4c3c2)OC1(C)C. The van der Waals surface area contributed by atoms with Gasteiger partial charge in [-0.3, -0.25) is 0 Å². The molecule has 0 aliphatic carbocycles. The fourth-order valence-corrected chi connectivity index (χ4v) is 12.5. The van der Waals surface area contributed by atoms with E-state index < -0.39 is 0 Å². The van der Waals surface area contributed by atoms with Crippen LogP contribution >= 0.6 is 77.1 Å². The standard InChI is InChI=1S/C26H15BrS.C22H21BO2S.C10H6BrI/c27-21-10-7-18-13-17(5-6-19(18)14-21)20-9-11-24-23(15-20)26-22-4-2-1-3-16(22)8-12-25(26)28-24;1-21(2)22(3,4)25-23(24-21)15-10-12-18-17(13-15)20-16-8-6-5-7-14(16)9-11-19(20)26-18;11-9-3-1-8-6-10(12)4-2-7(8)5-9/h1-15H;5-13H,1-4H3;1-6H. The predicted octanol–water partition coefficient (Wildman–Crippen LogP) is 18.5. The average Bonchev–Trinajstić information content (AvgIpc) is 3.96. The zero-order valence-electron chi connectivity index (χ0n) is 36.7. The Labute approximate surface area is 423 Å². The maximum absolute atomic E-state index is 6.26. The van der Waals surface area contributed by atoms with Crippen molar-refractivity contribution in [3.05, 3.63) is 195 Å². The number of thiophene rings is 2. The number of hydrogen-bond donors (Lipinski definition) is 0. The summed E-state index contributed by atoms with van der Waals surface area (Å²) in [5.74, 6) is 0. The molecule has 1 fully saturated rings. The lowest BCUT2D eigenvalue weighted by atomic mass is 9.78. The van der Waals surface area contributed by atoms with Gasteiger partial charge in [0.2, 0.25) is 0 Å². The Balaban J connectivity index is 0.000000118. The third kappa shape index (κ3) is 8.27. The molecule has 1 aliphatic rings. The van der Waals surface area contributed by atoms with Crippen molar-refractivity contribution in [2.75, 3.05) is 0 Å². The van der Waals surface area contributed by atoms with E-state index in [4.69, 9.17) is 9.31 Å². The lowest BCUT2D eigenvalue weighted by molar-refractivity contribution is 0.00578. The van der Waals surface area contributed by atoms with Gasteiger partial charge >= 0.3 is 7.12 Å². The molecule has 0 radical (unpaired) electrons. The molecule has 2 nitrogen and oxygen atoms in total. The van der Waals surface area contributed by atoms with Crippen LogP contribution in [0.4, 0.5) is 0 Å². The third-order valence-corrected chi connectivity index (χ3v) is 17.1. The fraction of sp³-hybridized carbons (Fsp3) is 0.103. The summed E-state index contributed by atoms with van der Waals surface area (Å²) in [5.41, 5.74) is 2.97. The van der Waals surface area contributed by atoms with Crippen LogP contribution in [0.25, 0.3) is 94.6 Å². The third-order valence-electron chi connectivity index (χ3n) is 13.2. The Morgan fingerprint density at radius 1 is 0.409 bits per heavy atom. The van der Waals surface area contributed by atoms with E-state index in [-0.39, 0.29) is 18.3 Å². The van der Waals surface area contributed by atoms with Gasteiger partial charge in [0.15, 0.2) is 0 Å². The summed E-state index contributed by atoms with van der Waals surface area (Å²) in [4.78, 5) is 0. The number of hydrogen-bond acceptors (Lipinski definition) is 4. The predicted molar refractivity (Wildman–Crippen MR) is 304 cm³/mol. The monoisotopic (exact) mass is 1130 g/mol. The van der Waals surface area contributed by atoms with Crippen molar-refractivity contribution in [3.63, 3.8) is 0 Å². The maximum Gasteiger partial charge on any atom is 0.494 e. The van der Waals surface area contributed by atoms with E-state index in [1.165, 1.54) is 98.1 Å². The smallest absolute Gasteiger partial charge is 0.399 e. The number of benzene rings is 10. The van der Waals surface area contributed by atoms with Crippen LogP contribution in [0.5, 0.6) is 0 Å². The largest absolute Gasteiger partial charge is 0.494 e. The fourth-order valence-electron chi connectivity index (χ4n) is 9.00. The molecule has 0 N–H and O–H groups in total. The van der Waals surface area contributed by atoms with Gasteiger partial charge < -0.3 is 9.31 Å². The number of fused-ring (bicyclic) bond motifs is 12. The van der Waals surface area contributed by atoms with Crippen LogP contribution in [-0.4, -0.2) is 18.3 Å². The molecule has 66 heavy (non-hydrogen) atoms. The highest BCUT2D eigenvalue weighted by Crippen LogP contribution is 2.42. The summed E-state index contributed by atoms with van der Waals surface area (Å²) in [7, 11) is -0.325. The molecule has 10 aromatic carbocycles. The summed E-state index contributed by atoms with van der Waals surface area (Å²) in [6.07, 6.45) is 0. The lowest BCUT2D eigenvalue weighted by Gasteiger charge is -2.32. The second-order valence-electron chi connectivity index (χ2n) is 17.9. The second kappa shape index (κ2) is 17.5. The lowest BCUT2D eigenvalue weighted by Crippen LogP contribution is -2.41. The molecule has 3 heterocycles. The summed E-state index contributed by atoms with van der Waals surface area (Å²) in [6, 6.07) is 65.6. The topological polar surface area (TPSA) is 18.5 Å². The van der Waals surface area contributed by atoms with Crippen LogP contribution in [0.1, 0.15) is 27.7 Å². The normalized spacial score (nSPS) is 14.4. The van der Waals surface area contributed by atoms with Gasteiger partial charge in [0.05, 0.1) is 11.2 Å². The first-order chi connectivity index (χ1) is 31.9. The van der Waals surface area contributed by atoms with E-state index >= 15 is 0 Å². The minimum absolute atomic E-state index is 0.323. The van der Waals surface area contributed by atoms with Gasteiger partial charge in [0, 0.05) is 52.9 Å². The summed E-state index contributed by atoms with van der Waals surface area (Å²) < 4.78 is 21.4. The van der Waals surface area contributed by atoms with Gasteiger partial charge in [-0.1, -0.05) is 141 Å². The van der Waals surface area contributed by atoms with Crippen molar-refractivity contribution in [3.8, 4) is 11.1 Å². The first kappa shape index (κ1) is 43.9. The van der Waals surface area contributed by atoms with E-state index in [9.17, 15) is 0 Å². The molecule has 0 amide bonds. The first-order valence-electron chi connectivity index (χ1n) is 22.0. The van der Waals surface area contributed by atoms with Crippen molar-refractivity contribution in [2.45, 2.75) is 38.9 Å². The highest BCUT2D eigenvalue weighted by Gasteiger charge is 2.51. The molecule has 1 aliphatic heterocycles. The molecule has 0 unspecified atom stereocenters. The van der Waals surface area contributed by atoms with Crippen LogP contribution in [-0.2, 0) is 9.31 Å². The van der Waals surface area contributed by atoms with E-state index in [0.717, 1.165) is 14.4 Å². The van der Waals surface area contributed by atoms with Crippen molar-refractivity contribution < 1.29 is 9.31 Å². The highest BCUT2D eigenvalue weighted by molar-refractivity contribution is 14.1. The summed E-state index contributed by atoms with van der Waals surface area (Å²) >= 11 is 13.1. The Hall–Kier alpha value is -4.65. The quantitative estimate of drug-likeness (QED) is 0.127. The zero-order chi connectivity index (χ0) is 45.3. The first-order valence-corrected chi connectivity index (χ1v) is 26.3. The van der Waals surface area contributed by atoms with Crippen LogP contribution in [0.15, 0.2) is 191 Å². The Morgan fingerprint density at radius 2 is 0.848 bits per heavy atom. The van der Waals surface area contributed by atoms with Gasteiger partial charge in [-0.2, -0.15) is 0 Å². The second-order valence-corrected chi connectivity index (χ2v) is 23.2. The molecule has 2 aromatic heterocycles. The summed E-state index contributed by atoms with van der Waals surface area (Å²) in [5, 5.41) is 15.7. The molecule has 1 saturated heterocycles. The van der Waals surface area contributed by atoms with Crippen LogP contribution in [0, 0.1) is 3.57 Å². The molecule has 13 rings (SSSR count). The molecule has 8 heteroatoms. The van der Waals surface area contributed by atoms with Crippen molar-refractivity contribution in [1.29, 1.82) is 0 Å². The molecule has 0 bridgehead atoms. The Bertz CT molecular complexity index is 3800. The van der Waals surface area contributed by atoms with E-state index in [0.29, 0.717) is 0 Å². The maximum atomic E-state index is 6.26. The molecular weight excluding hydrogens is 1090 g/mol. The zero-order valence-corrected chi connectivity index (χ0v) is 43.6. The van der Waals surface area contributed by atoms with Gasteiger partial charge in [-0.25, -0.2) is 0 Å². The van der Waals surface area contributed by atoms with Crippen molar-refractivity contribution >= 4 is 173 Å². The van der Waals surface area contributed by atoms with Crippen molar-refractivity contribution in [1.82, 2.24) is 0 Å². The summed E-state index contributed by atoms with van der Waals surface area (Å²) in [6.45, 7) is 8.39. The van der Waals surface area contributed by atoms with Gasteiger partial charge in [-0.15, -0.1) is 22.7 Å². The van der Waals surface area contributed by atoms with Gasteiger partial charge in [0.1, 0.15) is 0 Å². The number of halogens is 3. The Kier molecular flexibility index (Phi) is 11.6. The van der Waals surface area contributed by atoms with Crippen LogP contribution in [0.2, 0.25) is 0 Å². The molecule has 0 spiro atoms. The molecular formula is C58H42BBr2IO2S2. The highest BCUT2D eigenvalue weighted by atomic mass is 127. The molecule has 12 aromatic rings. The molecule has 0 atom stereocenters. The molecule has 0 saturated carbocycles. The van der Waals surface area contributed by atoms with Crippen LogP contribution < -0.4 is 5.46 Å². The van der Waals surface area contributed by atoms with Gasteiger partial charge in [-0.05, 0) is 183 Å². The molecule has 322 valence electrons. The van der Waals surface area contributed by atoms with E-state index in [2.05, 4.69) is 264 Å². The minimum Gasteiger partial charge on any atom is -0.399 e. The van der Waals surface area contributed by atoms with Gasteiger partial charge in [0.25, 0.3) is 0 Å². The van der Waals surface area contributed by atoms with E-state index in [1.54, 1.807) is 0 Å². The minimum atomic E-state index is -0.325. The van der Waals surface area contributed by atoms with Crippen molar-refractivity contribution in [2.24, 2.45) is 0 Å². The average molecular weight is 1130 g/mol. The number of rotatable bonds is 2. The van der Waals surface area contributed by atoms with E-state index in [1.807, 2.05) is 22.7 Å². The Morgan fingerprint density at radius 3 is 1.45 bits per heavy atom.